The monoisotopic (exact) mass is 514 g/mol. The zero-order chi connectivity index (χ0) is 26.6. The molecule has 0 saturated carbocycles. The van der Waals surface area contributed by atoms with Crippen LogP contribution in [0.2, 0.25) is 0 Å². The maximum atomic E-state index is 13.1. The number of rotatable bonds is 12. The van der Waals surface area contributed by atoms with E-state index in [2.05, 4.69) is 42.3 Å². The van der Waals surface area contributed by atoms with Crippen LogP contribution in [-0.4, -0.2) is 59.8 Å². The fraction of sp³-hybridized carbons (Fsp3) is 0.464. The van der Waals surface area contributed by atoms with Crippen molar-refractivity contribution in [3.05, 3.63) is 66.8 Å². The molecule has 8 heteroatoms. The number of nitrogens with zero attached hydrogens (tertiary/aromatic N) is 1. The van der Waals surface area contributed by atoms with Gasteiger partial charge in [-0.05, 0) is 57.1 Å². The summed E-state index contributed by atoms with van der Waals surface area (Å²) in [5.74, 6) is 0.301. The normalized spacial score (nSPS) is 15.9. The number of allylic oxidation sites excluding steroid dienone is 4. The molecule has 1 unspecified atom stereocenters. The van der Waals surface area contributed by atoms with Crippen molar-refractivity contribution in [2.45, 2.75) is 51.7 Å². The highest BCUT2D eigenvalue weighted by Crippen LogP contribution is 2.28. The summed E-state index contributed by atoms with van der Waals surface area (Å²) in [7, 11) is 1.32. The summed E-state index contributed by atoms with van der Waals surface area (Å²) >= 11 is 1.46. The summed E-state index contributed by atoms with van der Waals surface area (Å²) < 4.78 is 10.3. The van der Waals surface area contributed by atoms with Gasteiger partial charge in [0, 0.05) is 5.75 Å². The molecule has 7 nitrogen and oxygen atoms in total. The third-order valence-electron chi connectivity index (χ3n) is 5.53. The van der Waals surface area contributed by atoms with Gasteiger partial charge in [0.15, 0.2) is 0 Å². The van der Waals surface area contributed by atoms with Crippen LogP contribution in [0, 0.1) is 5.92 Å². The zero-order valence-electron chi connectivity index (χ0n) is 21.7. The molecule has 2 atom stereocenters. The quantitative estimate of drug-likeness (QED) is 0.179. The van der Waals surface area contributed by atoms with Crippen LogP contribution in [0.1, 0.15) is 45.6 Å². The molecule has 2 amide bonds. The lowest BCUT2D eigenvalue weighted by Gasteiger charge is -2.31. The minimum atomic E-state index is -0.756. The number of benzene rings is 1. The average molecular weight is 515 g/mol. The van der Waals surface area contributed by atoms with Crippen LogP contribution in [0.5, 0.6) is 0 Å². The Hall–Kier alpha value is -3.00. The van der Waals surface area contributed by atoms with Crippen LogP contribution in [0.3, 0.4) is 0 Å². The fourth-order valence-corrected chi connectivity index (χ4v) is 4.56. The van der Waals surface area contributed by atoms with E-state index in [-0.39, 0.29) is 24.2 Å². The highest BCUT2D eigenvalue weighted by atomic mass is 32.2. The lowest BCUT2D eigenvalue weighted by molar-refractivity contribution is -0.152. The van der Waals surface area contributed by atoms with Gasteiger partial charge < -0.3 is 19.7 Å². The second-order valence-corrected chi connectivity index (χ2v) is 10.5. The Kier molecular flexibility index (Phi) is 11.8. The van der Waals surface area contributed by atoms with E-state index in [0.717, 1.165) is 6.42 Å². The van der Waals surface area contributed by atoms with E-state index in [0.29, 0.717) is 18.6 Å². The third kappa shape index (κ3) is 9.93. The van der Waals surface area contributed by atoms with Gasteiger partial charge in [-0.1, -0.05) is 54.6 Å². The van der Waals surface area contributed by atoms with Crippen molar-refractivity contribution >= 4 is 35.3 Å². The topological polar surface area (TPSA) is 84.9 Å². The Morgan fingerprint density at radius 3 is 2.56 bits per heavy atom. The Labute approximate surface area is 219 Å². The van der Waals surface area contributed by atoms with E-state index in [1.54, 1.807) is 26.8 Å². The second-order valence-electron chi connectivity index (χ2n) is 9.50. The van der Waals surface area contributed by atoms with Crippen molar-refractivity contribution in [3.63, 3.8) is 0 Å². The first-order valence-electron chi connectivity index (χ1n) is 12.1. The molecule has 0 radical (unpaired) electrons. The van der Waals surface area contributed by atoms with Gasteiger partial charge in [-0.3, -0.25) is 4.79 Å². The molecule has 0 bridgehead atoms. The van der Waals surface area contributed by atoms with Gasteiger partial charge in [-0.25, -0.2) is 9.59 Å². The van der Waals surface area contributed by atoms with Gasteiger partial charge in [0.2, 0.25) is 5.91 Å². The smallest absolute Gasteiger partial charge is 0.408 e. The molecule has 1 aliphatic rings. The molecular weight excluding hydrogens is 476 g/mol. The first-order valence-corrected chi connectivity index (χ1v) is 13.3. The first kappa shape index (κ1) is 29.2. The molecule has 0 aliphatic heterocycles. The number of nitrogens with one attached hydrogen (secondary N) is 1. The molecule has 0 aromatic heterocycles. The molecule has 1 aliphatic carbocycles. The SMILES string of the molecule is C=CCSCN(C(=O)CNC(=O)OC(C)(C)C)[C@@H](CCC1C=CC(c2ccccc2)=CC1)C(=O)OC. The molecule has 1 N–H and O–H groups in total. The molecule has 36 heavy (non-hydrogen) atoms. The molecule has 196 valence electrons. The van der Waals surface area contributed by atoms with Crippen LogP contribution in [0.15, 0.2) is 61.2 Å². The number of carbonyl (C=O) groups excluding carboxylic acids is 3. The third-order valence-corrected chi connectivity index (χ3v) is 6.46. The van der Waals surface area contributed by atoms with Gasteiger partial charge in [-0.15, -0.1) is 18.3 Å². The molecule has 1 aromatic carbocycles. The maximum Gasteiger partial charge on any atom is 0.408 e. The highest BCUT2D eigenvalue weighted by Gasteiger charge is 2.31. The Morgan fingerprint density at radius 1 is 1.25 bits per heavy atom. The van der Waals surface area contributed by atoms with Crippen LogP contribution in [-0.2, 0) is 19.1 Å². The van der Waals surface area contributed by atoms with E-state index in [1.165, 1.54) is 34.9 Å². The van der Waals surface area contributed by atoms with Crippen molar-refractivity contribution in [2.75, 3.05) is 25.3 Å². The molecule has 1 aromatic rings. The molecular formula is C28H38N2O5S. The maximum absolute atomic E-state index is 13.1. The number of carbonyl (C=O) groups is 3. The van der Waals surface area contributed by atoms with Gasteiger partial charge in [0.05, 0.1) is 13.0 Å². The molecule has 0 spiro atoms. The highest BCUT2D eigenvalue weighted by molar-refractivity contribution is 7.99. The van der Waals surface area contributed by atoms with Gasteiger partial charge in [0.1, 0.15) is 18.2 Å². The number of esters is 1. The predicted octanol–water partition coefficient (Wildman–Crippen LogP) is 5.20. The number of hydrogen-bond donors (Lipinski definition) is 1. The number of ether oxygens (including phenoxy) is 2. The standard InChI is InChI=1S/C28H38N2O5S/c1-6-18-36-20-30(25(31)19-29-27(33)35-28(2,3)4)24(26(32)34-5)17-14-21-12-15-23(16-13-21)22-10-8-7-9-11-22/h6-12,15-16,21,24H,1,13-14,17-20H2,2-5H3,(H,29,33)/t21?,24-/m0/s1. The lowest BCUT2D eigenvalue weighted by Crippen LogP contribution is -2.49. The van der Waals surface area contributed by atoms with Gasteiger partial charge >= 0.3 is 12.1 Å². The van der Waals surface area contributed by atoms with Crippen LogP contribution < -0.4 is 5.32 Å². The fourth-order valence-electron chi connectivity index (χ4n) is 3.77. The largest absolute Gasteiger partial charge is 0.467 e. The van der Waals surface area contributed by atoms with E-state index >= 15 is 0 Å². The van der Waals surface area contributed by atoms with Gasteiger partial charge in [-0.2, -0.15) is 0 Å². The number of hydrogen-bond acceptors (Lipinski definition) is 6. The summed E-state index contributed by atoms with van der Waals surface area (Å²) in [6.07, 6.45) is 9.56. The van der Waals surface area contributed by atoms with Crippen LogP contribution >= 0.6 is 11.8 Å². The zero-order valence-corrected chi connectivity index (χ0v) is 22.5. The molecule has 0 fully saturated rings. The van der Waals surface area contributed by atoms with Crippen LogP contribution in [0.25, 0.3) is 5.57 Å². The number of amides is 2. The van der Waals surface area contributed by atoms with Crippen molar-refractivity contribution in [2.24, 2.45) is 5.92 Å². The van der Waals surface area contributed by atoms with Crippen molar-refractivity contribution in [3.8, 4) is 0 Å². The Bertz CT molecular complexity index is 952. The Morgan fingerprint density at radius 2 is 1.97 bits per heavy atom. The Balaban J connectivity index is 2.05. The van der Waals surface area contributed by atoms with Crippen molar-refractivity contribution < 1.29 is 23.9 Å². The summed E-state index contributed by atoms with van der Waals surface area (Å²) in [4.78, 5) is 39.4. The lowest BCUT2D eigenvalue weighted by atomic mass is 9.89. The average Bonchev–Trinajstić information content (AvgIpc) is 2.86. The van der Waals surface area contributed by atoms with Crippen molar-refractivity contribution in [1.29, 1.82) is 0 Å². The molecule has 2 rings (SSSR count). The summed E-state index contributed by atoms with van der Waals surface area (Å²) in [6.45, 7) is 8.68. The summed E-state index contributed by atoms with van der Waals surface area (Å²) in [5.41, 5.74) is 1.68. The minimum absolute atomic E-state index is 0.252. The van der Waals surface area contributed by atoms with E-state index in [1.807, 2.05) is 18.2 Å². The summed E-state index contributed by atoms with van der Waals surface area (Å²) in [6, 6.07) is 9.44. The van der Waals surface area contributed by atoms with Gasteiger partial charge in [0.25, 0.3) is 0 Å². The number of methoxy groups -OCH3 is 1. The number of alkyl carbamates (subject to hydrolysis) is 1. The molecule has 0 saturated heterocycles. The van der Waals surface area contributed by atoms with Crippen LogP contribution in [0.4, 0.5) is 4.79 Å². The summed E-state index contributed by atoms with van der Waals surface area (Å²) in [5, 5.41) is 2.49. The minimum Gasteiger partial charge on any atom is -0.467 e. The van der Waals surface area contributed by atoms with E-state index < -0.39 is 23.7 Å². The predicted molar refractivity (Wildman–Crippen MR) is 145 cm³/mol. The molecule has 0 heterocycles. The van der Waals surface area contributed by atoms with E-state index in [9.17, 15) is 14.4 Å². The van der Waals surface area contributed by atoms with Crippen molar-refractivity contribution in [1.82, 2.24) is 10.2 Å². The second kappa shape index (κ2) is 14.5. The number of thioether (sulfide) groups is 1. The van der Waals surface area contributed by atoms with E-state index in [4.69, 9.17) is 9.47 Å². The first-order chi connectivity index (χ1) is 17.1.